The van der Waals surface area contributed by atoms with E-state index in [9.17, 15) is 9.59 Å². The Labute approximate surface area is 172 Å². The average Bonchev–Trinajstić information content (AvgIpc) is 3.34. The Balaban J connectivity index is 1.60. The van der Waals surface area contributed by atoms with Crippen LogP contribution in [0.2, 0.25) is 0 Å². The molecule has 29 heavy (non-hydrogen) atoms. The van der Waals surface area contributed by atoms with Gasteiger partial charge in [0, 0.05) is 36.6 Å². The van der Waals surface area contributed by atoms with Crippen molar-refractivity contribution in [2.75, 3.05) is 19.6 Å². The van der Waals surface area contributed by atoms with Gasteiger partial charge in [-0.2, -0.15) is 0 Å². The van der Waals surface area contributed by atoms with E-state index in [0.717, 1.165) is 56.7 Å². The molecule has 0 radical (unpaired) electrons. The van der Waals surface area contributed by atoms with Crippen LogP contribution in [-0.2, 0) is 4.79 Å². The maximum atomic E-state index is 12.8. The van der Waals surface area contributed by atoms with E-state index in [2.05, 4.69) is 23.8 Å². The average molecular weight is 400 g/mol. The fraction of sp³-hybridized carbons (Fsp3) is 0.682. The molecule has 0 unspecified atom stereocenters. The zero-order chi connectivity index (χ0) is 20.7. The highest BCUT2D eigenvalue weighted by molar-refractivity contribution is 5.78. The van der Waals surface area contributed by atoms with Crippen LogP contribution in [0.15, 0.2) is 16.9 Å². The van der Waals surface area contributed by atoms with Crippen molar-refractivity contribution >= 4 is 11.6 Å². The minimum atomic E-state index is -0.0673. The maximum absolute atomic E-state index is 12.8. The standard InChI is InChI=1S/C22H33N5O2/c1-14(2)22(29)26-9-5-6-19(26)18-12-20-23-17(13-21(28)27(20)24-18)16-7-10-25(11-8-16)15(3)4/h12-16,19,24H,5-11H2,1-4H3/t19-/m0/s1. The number of carbonyl (C=O) groups excluding carboxylic acids is 1. The van der Waals surface area contributed by atoms with E-state index >= 15 is 0 Å². The summed E-state index contributed by atoms with van der Waals surface area (Å²) in [5.74, 6) is 0.486. The number of likely N-dealkylation sites (tertiary alicyclic amines) is 2. The molecule has 2 aliphatic heterocycles. The molecule has 0 aliphatic carbocycles. The van der Waals surface area contributed by atoms with E-state index < -0.39 is 0 Å². The number of fused-ring (bicyclic) bond motifs is 1. The second-order valence-electron chi connectivity index (χ2n) is 9.17. The van der Waals surface area contributed by atoms with Crippen LogP contribution in [0.5, 0.6) is 0 Å². The van der Waals surface area contributed by atoms with E-state index in [1.807, 2.05) is 24.8 Å². The van der Waals surface area contributed by atoms with E-state index in [1.54, 1.807) is 6.07 Å². The van der Waals surface area contributed by atoms with Gasteiger partial charge in [0.05, 0.1) is 17.4 Å². The maximum Gasteiger partial charge on any atom is 0.272 e. The van der Waals surface area contributed by atoms with E-state index in [0.29, 0.717) is 17.6 Å². The Bertz CT molecular complexity index is 936. The molecule has 0 bridgehead atoms. The molecule has 1 atom stereocenters. The largest absolute Gasteiger partial charge is 0.334 e. The summed E-state index contributed by atoms with van der Waals surface area (Å²) in [5, 5.41) is 3.22. The van der Waals surface area contributed by atoms with Crippen molar-refractivity contribution in [3.05, 3.63) is 33.9 Å². The number of piperidine rings is 1. The molecule has 2 aromatic heterocycles. The van der Waals surface area contributed by atoms with Crippen LogP contribution in [-0.4, -0.2) is 56.0 Å². The molecule has 2 aromatic rings. The molecular weight excluding hydrogens is 366 g/mol. The Hall–Kier alpha value is -2.15. The molecule has 2 fully saturated rings. The second-order valence-corrected chi connectivity index (χ2v) is 9.17. The Morgan fingerprint density at radius 2 is 1.83 bits per heavy atom. The van der Waals surface area contributed by atoms with Gasteiger partial charge in [0.2, 0.25) is 5.91 Å². The summed E-state index contributed by atoms with van der Waals surface area (Å²) in [6.07, 6.45) is 3.98. The first-order valence-electron chi connectivity index (χ1n) is 11.0. The highest BCUT2D eigenvalue weighted by Gasteiger charge is 2.32. The van der Waals surface area contributed by atoms with Crippen molar-refractivity contribution in [2.24, 2.45) is 5.92 Å². The number of carbonyl (C=O) groups is 1. The first-order chi connectivity index (χ1) is 13.8. The van der Waals surface area contributed by atoms with Gasteiger partial charge in [-0.25, -0.2) is 9.50 Å². The number of nitrogens with zero attached hydrogens (tertiary/aromatic N) is 4. The molecule has 4 rings (SSSR count). The molecule has 7 nitrogen and oxygen atoms in total. The zero-order valence-electron chi connectivity index (χ0n) is 18.0. The summed E-state index contributed by atoms with van der Waals surface area (Å²) in [6.45, 7) is 11.2. The van der Waals surface area contributed by atoms with Crippen molar-refractivity contribution in [1.29, 1.82) is 0 Å². The highest BCUT2D eigenvalue weighted by atomic mass is 16.2. The van der Waals surface area contributed by atoms with Crippen molar-refractivity contribution in [2.45, 2.75) is 71.4 Å². The van der Waals surface area contributed by atoms with E-state index in [1.165, 1.54) is 4.52 Å². The van der Waals surface area contributed by atoms with Crippen LogP contribution < -0.4 is 5.56 Å². The van der Waals surface area contributed by atoms with Crippen LogP contribution in [0.1, 0.15) is 76.7 Å². The number of H-pyrrole nitrogens is 1. The predicted molar refractivity (Wildman–Crippen MR) is 113 cm³/mol. The molecule has 0 spiro atoms. The quantitative estimate of drug-likeness (QED) is 0.858. The van der Waals surface area contributed by atoms with Gasteiger partial charge in [-0.1, -0.05) is 13.8 Å². The van der Waals surface area contributed by atoms with Crippen LogP contribution in [0.3, 0.4) is 0 Å². The summed E-state index contributed by atoms with van der Waals surface area (Å²) >= 11 is 0. The van der Waals surface area contributed by atoms with Gasteiger partial charge in [-0.15, -0.1) is 0 Å². The molecule has 7 heteroatoms. The Morgan fingerprint density at radius 1 is 1.10 bits per heavy atom. The second kappa shape index (κ2) is 7.94. The van der Waals surface area contributed by atoms with Crippen LogP contribution >= 0.6 is 0 Å². The third-order valence-corrected chi connectivity index (χ3v) is 6.56. The number of hydrogen-bond acceptors (Lipinski definition) is 4. The molecule has 4 heterocycles. The van der Waals surface area contributed by atoms with Crippen LogP contribution in [0, 0.1) is 5.92 Å². The minimum absolute atomic E-state index is 0.00345. The lowest BCUT2D eigenvalue weighted by molar-refractivity contribution is -0.135. The fourth-order valence-corrected chi connectivity index (χ4v) is 4.81. The van der Waals surface area contributed by atoms with Gasteiger partial charge >= 0.3 is 0 Å². The number of hydrogen-bond donors (Lipinski definition) is 1. The molecule has 0 aromatic carbocycles. The summed E-state index contributed by atoms with van der Waals surface area (Å²) in [5.41, 5.74) is 2.42. The first-order valence-corrected chi connectivity index (χ1v) is 11.0. The molecule has 1 amide bonds. The third kappa shape index (κ3) is 3.84. The van der Waals surface area contributed by atoms with Crippen molar-refractivity contribution in [3.63, 3.8) is 0 Å². The third-order valence-electron chi connectivity index (χ3n) is 6.56. The van der Waals surface area contributed by atoms with Gasteiger partial charge in [0.25, 0.3) is 5.56 Å². The molecule has 2 saturated heterocycles. The molecule has 1 N–H and O–H groups in total. The molecular formula is C22H33N5O2. The molecule has 158 valence electrons. The minimum Gasteiger partial charge on any atom is -0.334 e. The van der Waals surface area contributed by atoms with Gasteiger partial charge in [0.1, 0.15) is 0 Å². The number of rotatable bonds is 4. The fourth-order valence-electron chi connectivity index (χ4n) is 4.81. The van der Waals surface area contributed by atoms with Crippen LogP contribution in [0.4, 0.5) is 0 Å². The number of amides is 1. The summed E-state index contributed by atoms with van der Waals surface area (Å²) < 4.78 is 1.53. The van der Waals surface area contributed by atoms with Crippen molar-refractivity contribution in [3.8, 4) is 0 Å². The van der Waals surface area contributed by atoms with E-state index in [4.69, 9.17) is 4.98 Å². The van der Waals surface area contributed by atoms with Gasteiger partial charge in [-0.3, -0.25) is 14.7 Å². The van der Waals surface area contributed by atoms with Crippen molar-refractivity contribution in [1.82, 2.24) is 24.4 Å². The predicted octanol–water partition coefficient (Wildman–Crippen LogP) is 2.93. The van der Waals surface area contributed by atoms with Gasteiger partial charge in [0.15, 0.2) is 5.65 Å². The first kappa shape index (κ1) is 20.1. The lowest BCUT2D eigenvalue weighted by Crippen LogP contribution is -2.38. The highest BCUT2D eigenvalue weighted by Crippen LogP contribution is 2.33. The SMILES string of the molecule is CC(C)C(=O)N1CCC[C@H]1c1cc2nc(C3CCN(C(C)C)CC3)cc(=O)n2[nH]1. The smallest absolute Gasteiger partial charge is 0.272 e. The van der Waals surface area contributed by atoms with E-state index in [-0.39, 0.29) is 23.4 Å². The van der Waals surface area contributed by atoms with Crippen molar-refractivity contribution < 1.29 is 4.79 Å². The van der Waals surface area contributed by atoms with Crippen LogP contribution in [0.25, 0.3) is 5.65 Å². The lowest BCUT2D eigenvalue weighted by Gasteiger charge is -2.34. The van der Waals surface area contributed by atoms with Gasteiger partial charge in [-0.05, 0) is 52.6 Å². The Kier molecular flexibility index (Phi) is 5.51. The normalized spacial score (nSPS) is 21.7. The van der Waals surface area contributed by atoms with Gasteiger partial charge < -0.3 is 9.80 Å². The number of nitrogens with one attached hydrogen (secondary N) is 1. The monoisotopic (exact) mass is 399 g/mol. The number of aromatic nitrogens is 3. The number of aromatic amines is 1. The molecule has 0 saturated carbocycles. The lowest BCUT2D eigenvalue weighted by atomic mass is 9.92. The Morgan fingerprint density at radius 3 is 2.48 bits per heavy atom. The summed E-state index contributed by atoms with van der Waals surface area (Å²) in [4.78, 5) is 34.6. The summed E-state index contributed by atoms with van der Waals surface area (Å²) in [7, 11) is 0. The molecule has 2 aliphatic rings. The topological polar surface area (TPSA) is 73.7 Å². The summed E-state index contributed by atoms with van der Waals surface area (Å²) in [6, 6.07) is 4.22. The zero-order valence-corrected chi connectivity index (χ0v) is 18.0.